The van der Waals surface area contributed by atoms with Gasteiger partial charge in [-0.05, 0) is 56.1 Å². The van der Waals surface area contributed by atoms with Crippen LogP contribution >= 0.6 is 43.5 Å². The number of aromatic nitrogens is 4. The van der Waals surface area contributed by atoms with Crippen molar-refractivity contribution in [2.75, 3.05) is 0 Å². The van der Waals surface area contributed by atoms with Crippen molar-refractivity contribution in [2.24, 2.45) is 14.1 Å². The van der Waals surface area contributed by atoms with Crippen LogP contribution in [0.25, 0.3) is 0 Å². The van der Waals surface area contributed by atoms with Crippen molar-refractivity contribution < 1.29 is 4.79 Å². The van der Waals surface area contributed by atoms with Crippen LogP contribution in [-0.2, 0) is 14.1 Å². The summed E-state index contributed by atoms with van der Waals surface area (Å²) in [4.78, 5) is 12.0. The summed E-state index contributed by atoms with van der Waals surface area (Å²) in [6.45, 7) is 0. The molecule has 23 heavy (non-hydrogen) atoms. The number of hydrogen-bond donors (Lipinski definition) is 0. The molecular formula is C15H13Br2ClN4O. The van der Waals surface area contributed by atoms with E-state index in [2.05, 4.69) is 42.1 Å². The third kappa shape index (κ3) is 5.02. The molecule has 2 aromatic heterocycles. The molecule has 0 unspecified atom stereocenters. The van der Waals surface area contributed by atoms with Gasteiger partial charge >= 0.3 is 0 Å². The maximum atomic E-state index is 12.0. The first kappa shape index (κ1) is 17.9. The van der Waals surface area contributed by atoms with E-state index in [4.69, 9.17) is 11.6 Å². The summed E-state index contributed by atoms with van der Waals surface area (Å²) in [5, 5.41) is 8.59. The Balaban J connectivity index is 0.000000229. The molecule has 5 nitrogen and oxygen atoms in total. The van der Waals surface area contributed by atoms with E-state index >= 15 is 0 Å². The Labute approximate surface area is 155 Å². The molecule has 0 atom stereocenters. The van der Waals surface area contributed by atoms with Crippen LogP contribution in [0.15, 0.2) is 51.8 Å². The Morgan fingerprint density at radius 1 is 1.09 bits per heavy atom. The number of rotatable bonds is 2. The second-order valence-corrected chi connectivity index (χ2v) is 6.87. The van der Waals surface area contributed by atoms with Gasteiger partial charge in [0.2, 0.25) is 5.78 Å². The minimum Gasteiger partial charge on any atom is -0.287 e. The third-order valence-electron chi connectivity index (χ3n) is 2.78. The number of nitrogens with zero attached hydrogens (tertiary/aromatic N) is 4. The van der Waals surface area contributed by atoms with E-state index in [1.165, 1.54) is 0 Å². The molecule has 3 aromatic rings. The molecular weight excluding hydrogens is 447 g/mol. The number of carbonyl (C=O) groups is 1. The molecule has 0 bridgehead atoms. The van der Waals surface area contributed by atoms with Crippen molar-refractivity contribution in [2.45, 2.75) is 0 Å². The maximum absolute atomic E-state index is 12.0. The zero-order valence-electron chi connectivity index (χ0n) is 12.4. The number of aryl methyl sites for hydroxylation is 2. The van der Waals surface area contributed by atoms with Gasteiger partial charge < -0.3 is 0 Å². The first-order valence-corrected chi connectivity index (χ1v) is 8.47. The first-order valence-electron chi connectivity index (χ1n) is 6.50. The molecule has 0 spiro atoms. The van der Waals surface area contributed by atoms with E-state index in [-0.39, 0.29) is 5.78 Å². The molecule has 8 heteroatoms. The van der Waals surface area contributed by atoms with Gasteiger partial charge in [0, 0.05) is 37.1 Å². The second kappa shape index (κ2) is 7.90. The van der Waals surface area contributed by atoms with Crippen molar-refractivity contribution in [3.8, 4) is 0 Å². The van der Waals surface area contributed by atoms with Crippen LogP contribution in [0.1, 0.15) is 16.1 Å². The van der Waals surface area contributed by atoms with E-state index in [0.29, 0.717) is 20.8 Å². The van der Waals surface area contributed by atoms with Gasteiger partial charge in [-0.3, -0.25) is 14.2 Å². The molecule has 0 amide bonds. The predicted octanol–water partition coefficient (Wildman–Crippen LogP) is 4.25. The van der Waals surface area contributed by atoms with Crippen molar-refractivity contribution in [3.05, 3.63) is 68.1 Å². The molecule has 2 heterocycles. The lowest BCUT2D eigenvalue weighted by molar-refractivity contribution is 0.103. The highest BCUT2D eigenvalue weighted by Crippen LogP contribution is 2.19. The van der Waals surface area contributed by atoms with Gasteiger partial charge in [-0.15, -0.1) is 0 Å². The van der Waals surface area contributed by atoms with E-state index in [1.54, 1.807) is 53.1 Å². The molecule has 0 aliphatic carbocycles. The van der Waals surface area contributed by atoms with Crippen molar-refractivity contribution >= 4 is 49.2 Å². The van der Waals surface area contributed by atoms with Crippen LogP contribution < -0.4 is 0 Å². The third-order valence-corrected chi connectivity index (χ3v) is 4.02. The molecule has 0 fully saturated rings. The highest BCUT2D eigenvalue weighted by atomic mass is 79.9. The molecule has 0 radical (unpaired) electrons. The average Bonchev–Trinajstić information content (AvgIpc) is 3.04. The minimum atomic E-state index is -0.121. The molecule has 0 N–H and O–H groups in total. The summed E-state index contributed by atoms with van der Waals surface area (Å²) in [5.74, 6) is -0.121. The van der Waals surface area contributed by atoms with Crippen LogP contribution in [0.5, 0.6) is 0 Å². The molecule has 3 rings (SSSR count). The lowest BCUT2D eigenvalue weighted by atomic mass is 10.1. The Kier molecular flexibility index (Phi) is 6.15. The molecule has 1 aromatic carbocycles. The van der Waals surface area contributed by atoms with Gasteiger partial charge in [-0.1, -0.05) is 11.6 Å². The Bertz CT molecular complexity index is 795. The Hall–Kier alpha value is -1.44. The molecule has 0 aliphatic heterocycles. The number of ketones is 1. The van der Waals surface area contributed by atoms with Crippen molar-refractivity contribution in [3.63, 3.8) is 0 Å². The lowest BCUT2D eigenvalue weighted by Gasteiger charge is -1.98. The van der Waals surface area contributed by atoms with Gasteiger partial charge in [-0.2, -0.15) is 10.2 Å². The summed E-state index contributed by atoms with van der Waals surface area (Å²) in [7, 11) is 3.65. The second-order valence-electron chi connectivity index (χ2n) is 4.67. The van der Waals surface area contributed by atoms with E-state index in [1.807, 2.05) is 13.2 Å². The lowest BCUT2D eigenvalue weighted by Crippen LogP contribution is -2.03. The zero-order chi connectivity index (χ0) is 17.0. The molecule has 0 saturated carbocycles. The van der Waals surface area contributed by atoms with Gasteiger partial charge in [0.15, 0.2) is 0 Å². The molecule has 0 saturated heterocycles. The van der Waals surface area contributed by atoms with Crippen LogP contribution in [-0.4, -0.2) is 25.3 Å². The van der Waals surface area contributed by atoms with E-state index < -0.39 is 0 Å². The van der Waals surface area contributed by atoms with Gasteiger partial charge in [0.1, 0.15) is 5.69 Å². The van der Waals surface area contributed by atoms with Crippen LogP contribution in [0.3, 0.4) is 0 Å². The van der Waals surface area contributed by atoms with Crippen LogP contribution in [0, 0.1) is 0 Å². The molecule has 0 aliphatic rings. The van der Waals surface area contributed by atoms with Gasteiger partial charge in [-0.25, -0.2) is 0 Å². The van der Waals surface area contributed by atoms with Gasteiger partial charge in [0.25, 0.3) is 0 Å². The predicted molar refractivity (Wildman–Crippen MR) is 96.7 cm³/mol. The summed E-state index contributed by atoms with van der Waals surface area (Å²) < 4.78 is 5.04. The fourth-order valence-electron chi connectivity index (χ4n) is 1.74. The largest absolute Gasteiger partial charge is 0.287 e. The van der Waals surface area contributed by atoms with Crippen molar-refractivity contribution in [1.82, 2.24) is 19.6 Å². The fraction of sp³-hybridized carbons (Fsp3) is 0.133. The quantitative estimate of drug-likeness (QED) is 0.538. The number of benzene rings is 1. The maximum Gasteiger partial charge on any atom is 0.214 e. The first-order chi connectivity index (χ1) is 10.9. The molecule has 120 valence electrons. The topological polar surface area (TPSA) is 52.7 Å². The monoisotopic (exact) mass is 458 g/mol. The van der Waals surface area contributed by atoms with Crippen LogP contribution in [0.2, 0.25) is 5.02 Å². The highest BCUT2D eigenvalue weighted by Gasteiger charge is 2.16. The minimum absolute atomic E-state index is 0.121. The van der Waals surface area contributed by atoms with E-state index in [0.717, 1.165) is 4.47 Å². The smallest absolute Gasteiger partial charge is 0.214 e. The highest BCUT2D eigenvalue weighted by molar-refractivity contribution is 9.10. The zero-order valence-corrected chi connectivity index (χ0v) is 16.3. The Morgan fingerprint density at radius 2 is 1.74 bits per heavy atom. The fourth-order valence-corrected chi connectivity index (χ4v) is 2.81. The standard InChI is InChI=1S/C11H8BrClN2O.C4H5BrN2/c1-15-6-9(12)10(14-15)11(16)7-2-4-8(13)5-3-7;1-7-3-4(5)2-6-7/h2-6H,1H3;2-3H,1H3. The summed E-state index contributed by atoms with van der Waals surface area (Å²) in [6.07, 6.45) is 5.38. The number of hydrogen-bond acceptors (Lipinski definition) is 3. The average molecular weight is 461 g/mol. The number of halogens is 3. The number of carbonyl (C=O) groups excluding carboxylic acids is 1. The normalized spacial score (nSPS) is 10.1. The van der Waals surface area contributed by atoms with Crippen molar-refractivity contribution in [1.29, 1.82) is 0 Å². The van der Waals surface area contributed by atoms with Gasteiger partial charge in [0.05, 0.1) is 15.1 Å². The summed E-state index contributed by atoms with van der Waals surface area (Å²) >= 11 is 12.3. The SMILES string of the molecule is Cn1cc(Br)c(C(=O)c2ccc(Cl)cc2)n1.Cn1cc(Br)cn1. The van der Waals surface area contributed by atoms with E-state index in [9.17, 15) is 4.79 Å². The Morgan fingerprint density at radius 3 is 2.13 bits per heavy atom. The summed E-state index contributed by atoms with van der Waals surface area (Å²) in [6, 6.07) is 6.74. The van der Waals surface area contributed by atoms with Crippen LogP contribution in [0.4, 0.5) is 0 Å². The summed E-state index contributed by atoms with van der Waals surface area (Å²) in [5.41, 5.74) is 0.980.